The molecule has 0 aromatic heterocycles. The summed E-state index contributed by atoms with van der Waals surface area (Å²) in [5, 5.41) is 8.08. The van der Waals surface area contributed by atoms with Gasteiger partial charge in [0.1, 0.15) is 6.04 Å². The largest absolute Gasteiger partial charge is 0.350 e. The Morgan fingerprint density at radius 3 is 2.16 bits per heavy atom. The van der Waals surface area contributed by atoms with Crippen LogP contribution in [0.3, 0.4) is 0 Å². The number of primary sulfonamides is 1. The highest BCUT2D eigenvalue weighted by molar-refractivity contribution is 9.11. The first-order valence-corrected chi connectivity index (χ1v) is 9.56. The van der Waals surface area contributed by atoms with Crippen molar-refractivity contribution in [3.05, 3.63) is 70.8 Å². The van der Waals surface area contributed by atoms with Crippen LogP contribution in [0.15, 0.2) is 70.2 Å². The number of benzene rings is 2. The summed E-state index contributed by atoms with van der Waals surface area (Å²) >= 11 is 3.49. The van der Waals surface area contributed by atoms with Gasteiger partial charge < -0.3 is 5.73 Å². The highest BCUT2D eigenvalue weighted by atomic mass is 79.9. The van der Waals surface area contributed by atoms with Gasteiger partial charge in [-0.25, -0.2) is 23.4 Å². The Morgan fingerprint density at radius 1 is 1.04 bits per heavy atom. The summed E-state index contributed by atoms with van der Waals surface area (Å²) in [6, 6.07) is 14.5. The topological polar surface area (TPSA) is 110 Å². The normalized spacial score (nSPS) is 17.5. The lowest BCUT2D eigenvalue weighted by Crippen LogP contribution is -2.44. The van der Waals surface area contributed by atoms with E-state index in [0.717, 1.165) is 10.0 Å². The molecule has 25 heavy (non-hydrogen) atoms. The number of amides is 2. The number of rotatable bonds is 3. The van der Waals surface area contributed by atoms with Gasteiger partial charge in [0.05, 0.1) is 10.6 Å². The number of hydrazine groups is 1. The summed E-state index contributed by atoms with van der Waals surface area (Å²) in [6.07, 6.45) is 1.59. The molecule has 1 aliphatic heterocycles. The molecule has 1 heterocycles. The lowest BCUT2D eigenvalue weighted by atomic mass is 10.1. The van der Waals surface area contributed by atoms with Crippen LogP contribution in [0.2, 0.25) is 0 Å². The van der Waals surface area contributed by atoms with Gasteiger partial charge in [0.15, 0.2) is 0 Å². The Kier molecular flexibility index (Phi) is 4.55. The van der Waals surface area contributed by atoms with E-state index in [1.165, 1.54) is 17.1 Å². The molecule has 1 aliphatic rings. The Balaban J connectivity index is 2.07. The summed E-state index contributed by atoms with van der Waals surface area (Å²) in [7, 11) is -3.80. The maximum atomic E-state index is 11.9. The number of carbonyl (C=O) groups excluding carboxylic acids is 1. The molecule has 0 radical (unpaired) electrons. The smallest absolute Gasteiger partial charge is 0.337 e. The third-order valence-electron chi connectivity index (χ3n) is 3.75. The summed E-state index contributed by atoms with van der Waals surface area (Å²) in [5.41, 5.74) is 7.01. The number of halogens is 1. The second kappa shape index (κ2) is 6.51. The zero-order valence-electron chi connectivity index (χ0n) is 12.9. The van der Waals surface area contributed by atoms with Crippen molar-refractivity contribution >= 4 is 37.7 Å². The van der Waals surface area contributed by atoms with Crippen molar-refractivity contribution in [3.8, 4) is 0 Å². The minimum Gasteiger partial charge on any atom is -0.350 e. The average Bonchev–Trinajstić information content (AvgIpc) is 2.92. The molecule has 0 bridgehead atoms. The van der Waals surface area contributed by atoms with Crippen molar-refractivity contribution in [1.82, 2.24) is 5.01 Å². The van der Waals surface area contributed by atoms with Crippen LogP contribution in [0.25, 0.3) is 0 Å². The van der Waals surface area contributed by atoms with Gasteiger partial charge >= 0.3 is 6.03 Å². The molecule has 0 aliphatic carbocycles. The number of hydrogen-bond acceptors (Lipinski definition) is 4. The minimum absolute atomic E-state index is 0.00985. The van der Waals surface area contributed by atoms with Gasteiger partial charge in [-0.15, -0.1) is 0 Å². The van der Waals surface area contributed by atoms with Crippen molar-refractivity contribution in [2.24, 2.45) is 10.9 Å². The number of nitrogens with zero attached hydrogens (tertiary/aromatic N) is 2. The van der Waals surface area contributed by atoms with Crippen molar-refractivity contribution < 1.29 is 13.2 Å². The van der Waals surface area contributed by atoms with E-state index in [2.05, 4.69) is 15.9 Å². The molecule has 2 aromatic carbocycles. The van der Waals surface area contributed by atoms with E-state index in [9.17, 15) is 13.2 Å². The third-order valence-corrected chi connectivity index (χ3v) is 5.32. The highest BCUT2D eigenvalue weighted by Crippen LogP contribution is 2.42. The fourth-order valence-corrected chi connectivity index (χ4v) is 3.83. The zero-order valence-corrected chi connectivity index (χ0v) is 15.3. The lowest BCUT2D eigenvalue weighted by molar-refractivity contribution is 0.222. The molecule has 3 rings (SSSR count). The molecule has 9 heteroatoms. The van der Waals surface area contributed by atoms with E-state index in [1.54, 1.807) is 23.3 Å². The molecule has 0 saturated heterocycles. The monoisotopic (exact) mass is 422 g/mol. The predicted octanol–water partition coefficient (Wildman–Crippen LogP) is 2.43. The molecule has 0 fully saturated rings. The molecule has 7 nitrogen and oxygen atoms in total. The maximum Gasteiger partial charge on any atom is 0.337 e. The first-order valence-electron chi connectivity index (χ1n) is 7.22. The van der Waals surface area contributed by atoms with Crippen LogP contribution in [0.5, 0.6) is 0 Å². The second-order valence-electron chi connectivity index (χ2n) is 5.39. The molecule has 4 N–H and O–H groups in total. The van der Waals surface area contributed by atoms with E-state index >= 15 is 0 Å². The second-order valence-corrected chi connectivity index (χ2v) is 7.87. The first kappa shape index (κ1) is 17.5. The average molecular weight is 423 g/mol. The zero-order chi connectivity index (χ0) is 18.2. The predicted molar refractivity (Wildman–Crippen MR) is 97.9 cm³/mol. The molecule has 1 atom stereocenters. The SMILES string of the molecule is NC(=O)N1C=C(Br)C(c2ccccc2)N1c1ccc(S(N)(=O)=O)cc1. The van der Waals surface area contributed by atoms with E-state index in [1.807, 2.05) is 30.3 Å². The van der Waals surface area contributed by atoms with Crippen LogP contribution in [0, 0.1) is 0 Å². The summed E-state index contributed by atoms with van der Waals surface area (Å²) in [4.78, 5) is 11.8. The number of hydrogen-bond donors (Lipinski definition) is 2. The molecule has 1 unspecified atom stereocenters. The Bertz CT molecular complexity index is 930. The molecular formula is C16H15BrN4O3S. The van der Waals surface area contributed by atoms with E-state index in [-0.39, 0.29) is 10.9 Å². The van der Waals surface area contributed by atoms with Gasteiger partial charge in [-0.05, 0) is 29.8 Å². The number of nitrogens with two attached hydrogens (primary N) is 2. The first-order chi connectivity index (χ1) is 11.8. The molecule has 130 valence electrons. The van der Waals surface area contributed by atoms with Crippen LogP contribution in [0.1, 0.15) is 11.6 Å². The van der Waals surface area contributed by atoms with Crippen molar-refractivity contribution in [1.29, 1.82) is 0 Å². The molecule has 0 spiro atoms. The van der Waals surface area contributed by atoms with Gasteiger partial charge in [-0.1, -0.05) is 46.3 Å². The standard InChI is InChI=1S/C16H15BrN4O3S/c17-14-10-20(16(18)22)21(15(14)11-4-2-1-3-5-11)12-6-8-13(9-7-12)25(19,23)24/h1-10,15H,(H2,18,22)(H2,19,23,24). The minimum atomic E-state index is -3.80. The Labute approximate surface area is 153 Å². The van der Waals surface area contributed by atoms with Gasteiger partial charge in [0, 0.05) is 10.7 Å². The summed E-state index contributed by atoms with van der Waals surface area (Å²) in [6.45, 7) is 0. The quantitative estimate of drug-likeness (QED) is 0.790. The van der Waals surface area contributed by atoms with E-state index in [0.29, 0.717) is 5.69 Å². The van der Waals surface area contributed by atoms with Crippen molar-refractivity contribution in [2.45, 2.75) is 10.9 Å². The van der Waals surface area contributed by atoms with Crippen LogP contribution in [-0.2, 0) is 10.0 Å². The third kappa shape index (κ3) is 3.39. The molecule has 0 saturated carbocycles. The fourth-order valence-electron chi connectivity index (χ4n) is 2.66. The Morgan fingerprint density at radius 2 is 1.64 bits per heavy atom. The summed E-state index contributed by atoms with van der Waals surface area (Å²) < 4.78 is 23.6. The number of carbonyl (C=O) groups is 1. The maximum absolute atomic E-state index is 11.9. The lowest BCUT2D eigenvalue weighted by Gasteiger charge is -2.33. The highest BCUT2D eigenvalue weighted by Gasteiger charge is 2.36. The molecular weight excluding hydrogens is 408 g/mol. The van der Waals surface area contributed by atoms with Crippen LogP contribution < -0.4 is 15.9 Å². The van der Waals surface area contributed by atoms with Gasteiger partial charge in [0.25, 0.3) is 0 Å². The van der Waals surface area contributed by atoms with E-state index in [4.69, 9.17) is 10.9 Å². The van der Waals surface area contributed by atoms with Crippen molar-refractivity contribution in [3.63, 3.8) is 0 Å². The van der Waals surface area contributed by atoms with Gasteiger partial charge in [-0.2, -0.15) is 0 Å². The van der Waals surface area contributed by atoms with Crippen LogP contribution in [-0.4, -0.2) is 19.5 Å². The number of anilines is 1. The van der Waals surface area contributed by atoms with Crippen molar-refractivity contribution in [2.75, 3.05) is 5.01 Å². The fraction of sp³-hybridized carbons (Fsp3) is 0.0625. The Hall–Kier alpha value is -2.36. The number of sulfonamides is 1. The number of urea groups is 1. The van der Waals surface area contributed by atoms with Gasteiger partial charge in [0.2, 0.25) is 10.0 Å². The van der Waals surface area contributed by atoms with Gasteiger partial charge in [-0.3, -0.25) is 5.01 Å². The van der Waals surface area contributed by atoms with Crippen LogP contribution in [0.4, 0.5) is 10.5 Å². The summed E-state index contributed by atoms with van der Waals surface area (Å²) in [5.74, 6) is 0. The molecule has 2 amide bonds. The molecule has 2 aromatic rings. The number of primary amides is 1. The van der Waals surface area contributed by atoms with Crippen LogP contribution >= 0.6 is 15.9 Å². The van der Waals surface area contributed by atoms with E-state index < -0.39 is 16.1 Å².